The lowest BCUT2D eigenvalue weighted by Crippen LogP contribution is -2.45. The highest BCUT2D eigenvalue weighted by Gasteiger charge is 2.28. The van der Waals surface area contributed by atoms with E-state index in [4.69, 9.17) is 9.29 Å². The number of hydrogen-bond acceptors (Lipinski definition) is 5. The SMILES string of the molecule is CNC1COC(COS(=O)(=O)O)CC1C. The van der Waals surface area contributed by atoms with Crippen molar-refractivity contribution in [2.75, 3.05) is 20.3 Å². The summed E-state index contributed by atoms with van der Waals surface area (Å²) in [7, 11) is -2.50. The largest absolute Gasteiger partial charge is 0.397 e. The van der Waals surface area contributed by atoms with Gasteiger partial charge in [0.15, 0.2) is 0 Å². The van der Waals surface area contributed by atoms with Gasteiger partial charge in [0.25, 0.3) is 0 Å². The van der Waals surface area contributed by atoms with Crippen molar-refractivity contribution in [3.05, 3.63) is 0 Å². The van der Waals surface area contributed by atoms with Crippen LogP contribution in [0.25, 0.3) is 0 Å². The van der Waals surface area contributed by atoms with E-state index in [0.717, 1.165) is 0 Å². The average Bonchev–Trinajstić information content (AvgIpc) is 2.14. The van der Waals surface area contributed by atoms with E-state index in [1.165, 1.54) is 0 Å². The third kappa shape index (κ3) is 4.43. The van der Waals surface area contributed by atoms with Gasteiger partial charge < -0.3 is 10.1 Å². The predicted octanol–water partition coefficient (Wildman–Crippen LogP) is -0.181. The molecule has 6 nitrogen and oxygen atoms in total. The molecule has 0 amide bonds. The Labute approximate surface area is 89.9 Å². The normalized spacial score (nSPS) is 32.9. The fourth-order valence-corrected chi connectivity index (χ4v) is 2.02. The summed E-state index contributed by atoms with van der Waals surface area (Å²) in [6.07, 6.45) is 0.438. The molecule has 1 fully saturated rings. The molecule has 1 aliphatic rings. The van der Waals surface area contributed by atoms with Gasteiger partial charge in [0, 0.05) is 6.04 Å². The summed E-state index contributed by atoms with van der Waals surface area (Å²) in [6.45, 7) is 2.46. The predicted molar refractivity (Wildman–Crippen MR) is 53.9 cm³/mol. The van der Waals surface area contributed by atoms with E-state index in [2.05, 4.69) is 16.4 Å². The lowest BCUT2D eigenvalue weighted by Gasteiger charge is -2.33. The van der Waals surface area contributed by atoms with Gasteiger partial charge in [0.2, 0.25) is 0 Å². The average molecular weight is 239 g/mol. The zero-order valence-corrected chi connectivity index (χ0v) is 9.66. The Morgan fingerprint density at radius 2 is 2.27 bits per heavy atom. The molecule has 15 heavy (non-hydrogen) atoms. The van der Waals surface area contributed by atoms with E-state index >= 15 is 0 Å². The van der Waals surface area contributed by atoms with Crippen LogP contribution in [-0.2, 0) is 19.3 Å². The van der Waals surface area contributed by atoms with Crippen molar-refractivity contribution in [3.63, 3.8) is 0 Å². The van der Waals surface area contributed by atoms with Gasteiger partial charge in [-0.2, -0.15) is 8.42 Å². The Bertz CT molecular complexity index is 291. The molecule has 3 unspecified atom stereocenters. The minimum absolute atomic E-state index is 0.125. The van der Waals surface area contributed by atoms with E-state index in [1.807, 2.05) is 7.05 Å². The molecule has 0 saturated carbocycles. The summed E-state index contributed by atoms with van der Waals surface area (Å²) in [5.41, 5.74) is 0. The number of ether oxygens (including phenoxy) is 1. The number of rotatable bonds is 4. The highest BCUT2D eigenvalue weighted by Crippen LogP contribution is 2.20. The third-order valence-electron chi connectivity index (χ3n) is 2.61. The van der Waals surface area contributed by atoms with Crippen LogP contribution in [0.1, 0.15) is 13.3 Å². The zero-order valence-electron chi connectivity index (χ0n) is 8.84. The van der Waals surface area contributed by atoms with E-state index < -0.39 is 10.4 Å². The van der Waals surface area contributed by atoms with Crippen molar-refractivity contribution in [2.45, 2.75) is 25.5 Å². The summed E-state index contributed by atoms with van der Waals surface area (Å²) in [5, 5.41) is 3.11. The van der Waals surface area contributed by atoms with Crippen molar-refractivity contribution in [1.82, 2.24) is 5.32 Å². The van der Waals surface area contributed by atoms with Crippen molar-refractivity contribution in [2.24, 2.45) is 5.92 Å². The van der Waals surface area contributed by atoms with Crippen molar-refractivity contribution in [3.8, 4) is 0 Å². The second kappa shape index (κ2) is 5.22. The van der Waals surface area contributed by atoms with Crippen LogP contribution in [0, 0.1) is 5.92 Å². The molecule has 0 radical (unpaired) electrons. The zero-order chi connectivity index (χ0) is 11.5. The molecule has 0 aromatic carbocycles. The number of likely N-dealkylation sites (N-methyl/N-ethyl adjacent to an activating group) is 1. The lowest BCUT2D eigenvalue weighted by atomic mass is 9.93. The van der Waals surface area contributed by atoms with Gasteiger partial charge in [0.1, 0.15) is 0 Å². The Morgan fingerprint density at radius 1 is 1.60 bits per heavy atom. The molecule has 2 N–H and O–H groups in total. The van der Waals surface area contributed by atoms with Crippen LogP contribution in [0.4, 0.5) is 0 Å². The molecule has 3 atom stereocenters. The molecule has 0 bridgehead atoms. The number of hydrogen-bond donors (Lipinski definition) is 2. The second-order valence-corrected chi connectivity index (χ2v) is 4.87. The monoisotopic (exact) mass is 239 g/mol. The van der Waals surface area contributed by atoms with Gasteiger partial charge in [-0.25, -0.2) is 4.18 Å². The van der Waals surface area contributed by atoms with Crippen LogP contribution >= 0.6 is 0 Å². The van der Waals surface area contributed by atoms with E-state index in [1.54, 1.807) is 0 Å². The summed E-state index contributed by atoms with van der Waals surface area (Å²) >= 11 is 0. The van der Waals surface area contributed by atoms with Crippen LogP contribution in [-0.4, -0.2) is 45.4 Å². The Morgan fingerprint density at radius 3 is 2.73 bits per heavy atom. The van der Waals surface area contributed by atoms with Crippen molar-refractivity contribution >= 4 is 10.4 Å². The van der Waals surface area contributed by atoms with Crippen LogP contribution in [0.2, 0.25) is 0 Å². The summed E-state index contributed by atoms with van der Waals surface area (Å²) in [6, 6.07) is 0.284. The molecule has 1 heterocycles. The summed E-state index contributed by atoms with van der Waals surface area (Å²) < 4.78 is 38.7. The first-order chi connectivity index (χ1) is 6.92. The topological polar surface area (TPSA) is 84.9 Å². The Hall–Kier alpha value is -0.210. The quantitative estimate of drug-likeness (QED) is 0.662. The maximum atomic E-state index is 10.3. The second-order valence-electron chi connectivity index (χ2n) is 3.78. The van der Waals surface area contributed by atoms with Crippen LogP contribution in [0.15, 0.2) is 0 Å². The van der Waals surface area contributed by atoms with Gasteiger partial charge in [-0.15, -0.1) is 0 Å². The molecular formula is C8H17NO5S. The first-order valence-corrected chi connectivity index (χ1v) is 6.19. The minimum atomic E-state index is -4.36. The highest BCUT2D eigenvalue weighted by atomic mass is 32.3. The molecule has 0 aromatic heterocycles. The van der Waals surface area contributed by atoms with Crippen LogP contribution in [0.3, 0.4) is 0 Å². The number of nitrogens with one attached hydrogen (secondary N) is 1. The lowest BCUT2D eigenvalue weighted by molar-refractivity contribution is -0.0457. The van der Waals surface area contributed by atoms with Crippen molar-refractivity contribution in [1.29, 1.82) is 0 Å². The molecule has 1 rings (SSSR count). The molecule has 0 aliphatic carbocycles. The molecule has 90 valence electrons. The van der Waals surface area contributed by atoms with Gasteiger partial charge in [0.05, 0.1) is 19.3 Å². The summed E-state index contributed by atoms with van der Waals surface area (Å²) in [5.74, 6) is 0.388. The van der Waals surface area contributed by atoms with Crippen molar-refractivity contribution < 1.29 is 21.9 Å². The summed E-state index contributed by atoms with van der Waals surface area (Å²) in [4.78, 5) is 0. The van der Waals surface area contributed by atoms with Gasteiger partial charge in [-0.1, -0.05) is 6.92 Å². The third-order valence-corrected chi connectivity index (χ3v) is 3.04. The minimum Gasteiger partial charge on any atom is -0.374 e. The maximum Gasteiger partial charge on any atom is 0.397 e. The molecule has 0 spiro atoms. The smallest absolute Gasteiger partial charge is 0.374 e. The molecule has 0 aromatic rings. The van der Waals surface area contributed by atoms with Gasteiger partial charge in [-0.05, 0) is 19.4 Å². The first kappa shape index (κ1) is 12.9. The highest BCUT2D eigenvalue weighted by molar-refractivity contribution is 7.80. The Balaban J connectivity index is 2.35. The molecule has 7 heteroatoms. The van der Waals surface area contributed by atoms with Gasteiger partial charge in [-0.3, -0.25) is 4.55 Å². The van der Waals surface area contributed by atoms with Gasteiger partial charge >= 0.3 is 10.4 Å². The van der Waals surface area contributed by atoms with Crippen LogP contribution < -0.4 is 5.32 Å². The molecule has 1 aliphatic heterocycles. The standard InChI is InChI=1S/C8H17NO5S/c1-6-3-7(4-14-15(10,11)12)13-5-8(6)9-2/h6-9H,3-5H2,1-2H3,(H,10,11,12). The Kier molecular flexibility index (Phi) is 4.47. The molecular weight excluding hydrogens is 222 g/mol. The first-order valence-electron chi connectivity index (χ1n) is 4.83. The van der Waals surface area contributed by atoms with E-state index in [9.17, 15) is 8.42 Å². The maximum absolute atomic E-state index is 10.3. The van der Waals surface area contributed by atoms with E-state index in [-0.39, 0.29) is 18.8 Å². The molecule has 1 saturated heterocycles. The van der Waals surface area contributed by atoms with Crippen LogP contribution in [0.5, 0.6) is 0 Å². The van der Waals surface area contributed by atoms with E-state index in [0.29, 0.717) is 18.9 Å². The fraction of sp³-hybridized carbons (Fsp3) is 1.00. The fourth-order valence-electron chi connectivity index (χ4n) is 1.70.